The normalized spacial score (nSPS) is 10.8. The molecule has 0 aromatic carbocycles. The van der Waals surface area contributed by atoms with Crippen LogP contribution in [0.1, 0.15) is 65.7 Å². The van der Waals surface area contributed by atoms with Gasteiger partial charge >= 0.3 is 0 Å². The Bertz CT molecular complexity index is 172. The van der Waals surface area contributed by atoms with Crippen LogP contribution in [0.15, 0.2) is 12.3 Å². The Kier molecular flexibility index (Phi) is 9.46. The highest BCUT2D eigenvalue weighted by molar-refractivity contribution is 4.95. The summed E-state index contributed by atoms with van der Waals surface area (Å²) in [5, 5.41) is 0. The number of hydrogen-bond donors (Lipinski definition) is 0. The highest BCUT2D eigenvalue weighted by atomic mass is 15.1. The summed E-state index contributed by atoms with van der Waals surface area (Å²) in [5.41, 5.74) is 1.27. The van der Waals surface area contributed by atoms with Crippen molar-refractivity contribution < 1.29 is 0 Å². The van der Waals surface area contributed by atoms with E-state index >= 15 is 0 Å². The minimum absolute atomic E-state index is 0.578. The third-order valence-electron chi connectivity index (χ3n) is 3.25. The van der Waals surface area contributed by atoms with E-state index in [2.05, 4.69) is 39.3 Å². The Morgan fingerprint density at radius 3 is 2.00 bits per heavy atom. The molecule has 0 radical (unpaired) electrons. The van der Waals surface area contributed by atoms with Gasteiger partial charge in [0, 0.05) is 19.3 Å². The molecule has 1 heteroatoms. The zero-order valence-corrected chi connectivity index (χ0v) is 11.9. The first kappa shape index (κ1) is 15.5. The number of unbranched alkanes of at least 4 members (excludes halogenated alkanes) is 6. The summed E-state index contributed by atoms with van der Waals surface area (Å²) in [6.45, 7) is 12.0. The lowest BCUT2D eigenvalue weighted by atomic mass is 10.1. The molecule has 0 bridgehead atoms. The van der Waals surface area contributed by atoms with E-state index in [1.54, 1.807) is 0 Å². The molecule has 0 fully saturated rings. The standard InChI is InChI=1S/C15H31N/c1-6-7-8-9-10-11-12-13-16(5)15(4)14(2)3/h14H,4,6-13H2,1-3,5H3. The lowest BCUT2D eigenvalue weighted by Crippen LogP contribution is -2.21. The van der Waals surface area contributed by atoms with Gasteiger partial charge in [-0.25, -0.2) is 0 Å². The second-order valence-corrected chi connectivity index (χ2v) is 5.19. The van der Waals surface area contributed by atoms with Crippen molar-refractivity contribution in [3.8, 4) is 0 Å². The van der Waals surface area contributed by atoms with Crippen LogP contribution in [0.2, 0.25) is 0 Å². The first-order valence-electron chi connectivity index (χ1n) is 6.99. The smallest absolute Gasteiger partial charge is 0.0171 e. The van der Waals surface area contributed by atoms with Crippen LogP contribution in [-0.4, -0.2) is 18.5 Å². The predicted molar refractivity (Wildman–Crippen MR) is 74.6 cm³/mol. The van der Waals surface area contributed by atoms with Crippen molar-refractivity contribution in [2.75, 3.05) is 13.6 Å². The average Bonchev–Trinajstić information content (AvgIpc) is 2.26. The van der Waals surface area contributed by atoms with Crippen LogP contribution < -0.4 is 0 Å². The van der Waals surface area contributed by atoms with Gasteiger partial charge in [0.15, 0.2) is 0 Å². The fourth-order valence-electron chi connectivity index (χ4n) is 1.89. The maximum absolute atomic E-state index is 4.12. The molecule has 0 atom stereocenters. The van der Waals surface area contributed by atoms with Gasteiger partial charge in [-0.15, -0.1) is 0 Å². The maximum Gasteiger partial charge on any atom is 0.0171 e. The molecular weight excluding hydrogens is 194 g/mol. The minimum atomic E-state index is 0.578. The van der Waals surface area contributed by atoms with Crippen LogP contribution in [0.3, 0.4) is 0 Å². The van der Waals surface area contributed by atoms with Gasteiger partial charge in [0.05, 0.1) is 0 Å². The van der Waals surface area contributed by atoms with E-state index in [1.807, 2.05) is 0 Å². The van der Waals surface area contributed by atoms with Gasteiger partial charge in [0.2, 0.25) is 0 Å². The van der Waals surface area contributed by atoms with Gasteiger partial charge in [0.25, 0.3) is 0 Å². The van der Waals surface area contributed by atoms with Gasteiger partial charge in [-0.2, -0.15) is 0 Å². The molecule has 16 heavy (non-hydrogen) atoms. The lowest BCUT2D eigenvalue weighted by molar-refractivity contribution is 0.362. The third-order valence-corrected chi connectivity index (χ3v) is 3.25. The van der Waals surface area contributed by atoms with Crippen LogP contribution in [0.25, 0.3) is 0 Å². The number of nitrogens with zero attached hydrogens (tertiary/aromatic N) is 1. The van der Waals surface area contributed by atoms with Crippen molar-refractivity contribution in [1.82, 2.24) is 4.90 Å². The first-order chi connectivity index (χ1) is 7.59. The van der Waals surface area contributed by atoms with Crippen molar-refractivity contribution in [1.29, 1.82) is 0 Å². The van der Waals surface area contributed by atoms with E-state index in [4.69, 9.17) is 0 Å². The highest BCUT2D eigenvalue weighted by Crippen LogP contribution is 2.13. The Morgan fingerprint density at radius 2 is 1.50 bits per heavy atom. The van der Waals surface area contributed by atoms with Crippen molar-refractivity contribution in [2.24, 2.45) is 5.92 Å². The quantitative estimate of drug-likeness (QED) is 0.481. The van der Waals surface area contributed by atoms with Gasteiger partial charge < -0.3 is 4.90 Å². The molecule has 1 nitrogen and oxygen atoms in total. The maximum atomic E-state index is 4.12. The summed E-state index contributed by atoms with van der Waals surface area (Å²) in [6, 6.07) is 0. The van der Waals surface area contributed by atoms with Crippen LogP contribution >= 0.6 is 0 Å². The first-order valence-corrected chi connectivity index (χ1v) is 6.99. The molecule has 0 aromatic heterocycles. The molecule has 0 aliphatic carbocycles. The lowest BCUT2D eigenvalue weighted by Gasteiger charge is -2.24. The van der Waals surface area contributed by atoms with Crippen LogP contribution in [-0.2, 0) is 0 Å². The van der Waals surface area contributed by atoms with E-state index in [0.29, 0.717) is 5.92 Å². The Labute approximate surface area is 103 Å². The molecule has 0 saturated heterocycles. The summed E-state index contributed by atoms with van der Waals surface area (Å²) >= 11 is 0. The van der Waals surface area contributed by atoms with Gasteiger partial charge in [-0.1, -0.05) is 65.9 Å². The zero-order valence-electron chi connectivity index (χ0n) is 11.9. The van der Waals surface area contributed by atoms with Crippen molar-refractivity contribution in [3.05, 3.63) is 12.3 Å². The minimum Gasteiger partial charge on any atom is -0.378 e. The summed E-state index contributed by atoms with van der Waals surface area (Å²) in [5.74, 6) is 0.578. The summed E-state index contributed by atoms with van der Waals surface area (Å²) < 4.78 is 0. The second kappa shape index (κ2) is 9.74. The third kappa shape index (κ3) is 7.78. The molecule has 0 rings (SSSR count). The molecule has 0 unspecified atom stereocenters. The van der Waals surface area contributed by atoms with E-state index in [9.17, 15) is 0 Å². The predicted octanol–water partition coefficient (Wildman–Crippen LogP) is 4.84. The molecule has 0 heterocycles. The number of allylic oxidation sites excluding steroid dienone is 1. The van der Waals surface area contributed by atoms with Crippen LogP contribution in [0, 0.1) is 5.92 Å². The molecule has 0 aliphatic rings. The largest absolute Gasteiger partial charge is 0.378 e. The molecule has 0 N–H and O–H groups in total. The van der Waals surface area contributed by atoms with Crippen LogP contribution in [0.4, 0.5) is 0 Å². The molecule has 0 aromatic rings. The Morgan fingerprint density at radius 1 is 1.00 bits per heavy atom. The molecule has 0 saturated carbocycles. The summed E-state index contributed by atoms with van der Waals surface area (Å²) in [6.07, 6.45) is 9.69. The van der Waals surface area contributed by atoms with Crippen molar-refractivity contribution in [3.63, 3.8) is 0 Å². The Balaban J connectivity index is 3.34. The van der Waals surface area contributed by atoms with Gasteiger partial charge in [0.1, 0.15) is 0 Å². The molecule has 0 spiro atoms. The highest BCUT2D eigenvalue weighted by Gasteiger charge is 2.05. The van der Waals surface area contributed by atoms with E-state index in [1.165, 1.54) is 57.2 Å². The fraction of sp³-hybridized carbons (Fsp3) is 0.867. The van der Waals surface area contributed by atoms with Crippen molar-refractivity contribution in [2.45, 2.75) is 65.7 Å². The Hall–Kier alpha value is -0.460. The van der Waals surface area contributed by atoms with Crippen LogP contribution in [0.5, 0.6) is 0 Å². The second-order valence-electron chi connectivity index (χ2n) is 5.19. The molecule has 0 aliphatic heterocycles. The monoisotopic (exact) mass is 225 g/mol. The average molecular weight is 225 g/mol. The van der Waals surface area contributed by atoms with E-state index < -0.39 is 0 Å². The van der Waals surface area contributed by atoms with Crippen molar-refractivity contribution >= 4 is 0 Å². The molecule has 96 valence electrons. The van der Waals surface area contributed by atoms with E-state index in [0.717, 1.165) is 0 Å². The van der Waals surface area contributed by atoms with Gasteiger partial charge in [-0.05, 0) is 12.3 Å². The molecule has 0 amide bonds. The molecular formula is C15H31N. The SMILES string of the molecule is C=C(C(C)C)N(C)CCCCCCCCC. The number of rotatable bonds is 10. The van der Waals surface area contributed by atoms with E-state index in [-0.39, 0.29) is 0 Å². The number of hydrogen-bond acceptors (Lipinski definition) is 1. The summed E-state index contributed by atoms with van der Waals surface area (Å²) in [4.78, 5) is 2.32. The van der Waals surface area contributed by atoms with Gasteiger partial charge in [-0.3, -0.25) is 0 Å². The fourth-order valence-corrected chi connectivity index (χ4v) is 1.89. The summed E-state index contributed by atoms with van der Waals surface area (Å²) in [7, 11) is 2.17. The zero-order chi connectivity index (χ0) is 12.4. The topological polar surface area (TPSA) is 3.24 Å².